The van der Waals surface area contributed by atoms with Crippen molar-refractivity contribution in [2.75, 3.05) is 16.4 Å². The van der Waals surface area contributed by atoms with Gasteiger partial charge in [0.25, 0.3) is 11.6 Å². The lowest BCUT2D eigenvalue weighted by Gasteiger charge is -2.13. The molecule has 9 nitrogen and oxygen atoms in total. The van der Waals surface area contributed by atoms with Gasteiger partial charge in [0, 0.05) is 17.2 Å². The minimum absolute atomic E-state index is 0.0937. The number of rotatable bonds is 7. The van der Waals surface area contributed by atoms with Gasteiger partial charge in [0.1, 0.15) is 0 Å². The fourth-order valence-electron chi connectivity index (χ4n) is 2.70. The zero-order valence-electron chi connectivity index (χ0n) is 16.7. The van der Waals surface area contributed by atoms with E-state index < -0.39 is 28.5 Å². The van der Waals surface area contributed by atoms with Gasteiger partial charge in [-0.15, -0.1) is 10.2 Å². The number of alkyl halides is 3. The van der Waals surface area contributed by atoms with Crippen molar-refractivity contribution in [1.82, 2.24) is 10.2 Å². The monoisotopic (exact) mass is 497 g/mol. The lowest BCUT2D eigenvalue weighted by atomic mass is 10.1. The molecular formula is C19H14F3N5O4S2. The van der Waals surface area contributed by atoms with E-state index in [1.165, 1.54) is 37.3 Å². The van der Waals surface area contributed by atoms with Crippen LogP contribution >= 0.6 is 23.1 Å². The van der Waals surface area contributed by atoms with E-state index in [1.807, 2.05) is 0 Å². The number of para-hydroxylation sites is 1. The molecule has 1 aromatic heterocycles. The SMILES string of the molecule is Cc1c(C(=O)Nc2nnc(SCC(=O)Nc3ccccc3C(F)(F)F)s2)cccc1[N+](=O)[O-]. The third-order valence-corrected chi connectivity index (χ3v) is 6.18. The number of thioether (sulfide) groups is 1. The van der Waals surface area contributed by atoms with E-state index >= 15 is 0 Å². The number of nitro benzene ring substituents is 1. The molecule has 3 aromatic rings. The van der Waals surface area contributed by atoms with E-state index in [2.05, 4.69) is 20.8 Å². The Hall–Kier alpha value is -3.52. The molecule has 0 spiro atoms. The predicted molar refractivity (Wildman–Crippen MR) is 116 cm³/mol. The summed E-state index contributed by atoms with van der Waals surface area (Å²) >= 11 is 1.87. The van der Waals surface area contributed by atoms with Gasteiger partial charge in [0.2, 0.25) is 11.0 Å². The first kappa shape index (κ1) is 24.1. The van der Waals surface area contributed by atoms with Crippen molar-refractivity contribution in [2.24, 2.45) is 0 Å². The number of benzene rings is 2. The molecule has 0 saturated heterocycles. The van der Waals surface area contributed by atoms with Crippen LogP contribution in [0.3, 0.4) is 0 Å². The second-order valence-corrected chi connectivity index (χ2v) is 8.61. The Bertz CT molecular complexity index is 1220. The maximum Gasteiger partial charge on any atom is 0.418 e. The lowest BCUT2D eigenvalue weighted by Crippen LogP contribution is -2.18. The topological polar surface area (TPSA) is 127 Å². The third-order valence-electron chi connectivity index (χ3n) is 4.21. The van der Waals surface area contributed by atoms with Crippen LogP contribution < -0.4 is 10.6 Å². The number of hydrogen-bond acceptors (Lipinski definition) is 8. The molecule has 0 unspecified atom stereocenters. The van der Waals surface area contributed by atoms with Crippen LogP contribution in [-0.4, -0.2) is 32.7 Å². The summed E-state index contributed by atoms with van der Waals surface area (Å²) in [5.74, 6) is -1.53. The quantitative estimate of drug-likeness (QED) is 0.209. The Balaban J connectivity index is 1.60. The molecule has 33 heavy (non-hydrogen) atoms. The Kier molecular flexibility index (Phi) is 7.28. The van der Waals surface area contributed by atoms with Crippen LogP contribution in [0.5, 0.6) is 0 Å². The number of aromatic nitrogens is 2. The highest BCUT2D eigenvalue weighted by molar-refractivity contribution is 8.01. The van der Waals surface area contributed by atoms with Gasteiger partial charge >= 0.3 is 6.18 Å². The molecule has 2 N–H and O–H groups in total. The number of carbonyl (C=O) groups is 2. The zero-order chi connectivity index (χ0) is 24.2. The molecule has 14 heteroatoms. The molecule has 0 bridgehead atoms. The summed E-state index contributed by atoms with van der Waals surface area (Å²) in [6.45, 7) is 1.45. The van der Waals surface area contributed by atoms with Gasteiger partial charge in [-0.25, -0.2) is 0 Å². The molecular weight excluding hydrogens is 483 g/mol. The van der Waals surface area contributed by atoms with Gasteiger partial charge in [-0.2, -0.15) is 13.2 Å². The van der Waals surface area contributed by atoms with Crippen molar-refractivity contribution >= 4 is 51.4 Å². The normalized spacial score (nSPS) is 11.2. The highest BCUT2D eigenvalue weighted by atomic mass is 32.2. The number of anilines is 2. The minimum Gasteiger partial charge on any atom is -0.325 e. The van der Waals surface area contributed by atoms with Crippen molar-refractivity contribution in [2.45, 2.75) is 17.4 Å². The maximum absolute atomic E-state index is 13.0. The van der Waals surface area contributed by atoms with E-state index in [-0.39, 0.29) is 33.4 Å². The third kappa shape index (κ3) is 6.04. The van der Waals surface area contributed by atoms with Crippen molar-refractivity contribution in [3.8, 4) is 0 Å². The molecule has 0 aliphatic heterocycles. The number of nitro groups is 1. The van der Waals surface area contributed by atoms with Crippen LogP contribution in [0.2, 0.25) is 0 Å². The maximum atomic E-state index is 13.0. The fourth-order valence-corrected chi connectivity index (χ4v) is 4.25. The molecule has 3 rings (SSSR count). The minimum atomic E-state index is -4.61. The van der Waals surface area contributed by atoms with E-state index in [9.17, 15) is 32.9 Å². The summed E-state index contributed by atoms with van der Waals surface area (Å²) in [6, 6.07) is 8.71. The summed E-state index contributed by atoms with van der Waals surface area (Å²) in [7, 11) is 0. The average Bonchev–Trinajstić information content (AvgIpc) is 3.19. The van der Waals surface area contributed by atoms with Crippen LogP contribution in [0.15, 0.2) is 46.8 Å². The predicted octanol–water partition coefficient (Wildman–Crippen LogP) is 4.76. The van der Waals surface area contributed by atoms with Crippen LogP contribution in [0.1, 0.15) is 21.5 Å². The molecule has 0 radical (unpaired) electrons. The fraction of sp³-hybridized carbons (Fsp3) is 0.158. The lowest BCUT2D eigenvalue weighted by molar-refractivity contribution is -0.385. The summed E-state index contributed by atoms with van der Waals surface area (Å²) in [5.41, 5.74) is -1.23. The molecule has 172 valence electrons. The van der Waals surface area contributed by atoms with Gasteiger partial charge in [0.15, 0.2) is 4.34 Å². The molecule has 0 fully saturated rings. The Morgan fingerprint density at radius 1 is 1.12 bits per heavy atom. The molecule has 2 aromatic carbocycles. The van der Waals surface area contributed by atoms with Crippen LogP contribution in [-0.2, 0) is 11.0 Å². The summed E-state index contributed by atoms with van der Waals surface area (Å²) in [5, 5.41) is 23.4. The molecule has 1 heterocycles. The van der Waals surface area contributed by atoms with Gasteiger partial charge in [-0.3, -0.25) is 25.0 Å². The summed E-state index contributed by atoms with van der Waals surface area (Å²) in [6.07, 6.45) is -4.61. The molecule has 0 aliphatic rings. The van der Waals surface area contributed by atoms with Crippen molar-refractivity contribution in [1.29, 1.82) is 0 Å². The molecule has 0 atom stereocenters. The van der Waals surface area contributed by atoms with Crippen molar-refractivity contribution in [3.63, 3.8) is 0 Å². The second kappa shape index (κ2) is 9.95. The van der Waals surface area contributed by atoms with Gasteiger partial charge in [0.05, 0.1) is 21.9 Å². The molecule has 2 amide bonds. The van der Waals surface area contributed by atoms with Crippen LogP contribution in [0.4, 0.5) is 29.7 Å². The first-order valence-electron chi connectivity index (χ1n) is 9.04. The van der Waals surface area contributed by atoms with E-state index in [4.69, 9.17) is 0 Å². The summed E-state index contributed by atoms with van der Waals surface area (Å²) < 4.78 is 39.4. The second-order valence-electron chi connectivity index (χ2n) is 6.41. The zero-order valence-corrected chi connectivity index (χ0v) is 18.3. The first-order valence-corrected chi connectivity index (χ1v) is 10.8. The highest BCUT2D eigenvalue weighted by Crippen LogP contribution is 2.35. The number of amides is 2. The van der Waals surface area contributed by atoms with Crippen LogP contribution in [0.25, 0.3) is 0 Å². The number of nitrogens with one attached hydrogen (secondary N) is 2. The number of nitrogens with zero attached hydrogens (tertiary/aromatic N) is 3. The van der Waals surface area contributed by atoms with E-state index in [0.29, 0.717) is 4.34 Å². The van der Waals surface area contributed by atoms with Gasteiger partial charge in [-0.05, 0) is 25.1 Å². The molecule has 0 saturated carbocycles. The Morgan fingerprint density at radius 2 is 1.85 bits per heavy atom. The highest BCUT2D eigenvalue weighted by Gasteiger charge is 2.33. The largest absolute Gasteiger partial charge is 0.418 e. The first-order chi connectivity index (χ1) is 15.6. The van der Waals surface area contributed by atoms with Crippen molar-refractivity contribution in [3.05, 3.63) is 69.3 Å². The van der Waals surface area contributed by atoms with E-state index in [0.717, 1.165) is 35.2 Å². The van der Waals surface area contributed by atoms with Gasteiger partial charge < -0.3 is 5.32 Å². The van der Waals surface area contributed by atoms with Gasteiger partial charge in [-0.1, -0.05) is 41.3 Å². The standard InChI is InChI=1S/C19H14F3N5O4S2/c1-10-11(5-4-8-14(10)27(30)31)16(29)24-17-25-26-18(33-17)32-9-15(28)23-13-7-3-2-6-12(13)19(20,21)22/h2-8H,9H2,1H3,(H,23,28)(H,24,25,29). The smallest absolute Gasteiger partial charge is 0.325 e. The van der Waals surface area contributed by atoms with Crippen LogP contribution in [0, 0.1) is 17.0 Å². The Morgan fingerprint density at radius 3 is 2.55 bits per heavy atom. The number of halogens is 3. The summed E-state index contributed by atoms with van der Waals surface area (Å²) in [4.78, 5) is 35.0. The Labute approximate surface area is 192 Å². The number of carbonyl (C=O) groups excluding carboxylic acids is 2. The van der Waals surface area contributed by atoms with E-state index in [1.54, 1.807) is 0 Å². The van der Waals surface area contributed by atoms with Crippen molar-refractivity contribution < 1.29 is 27.7 Å². The average molecular weight is 497 g/mol. The molecule has 0 aliphatic carbocycles. The number of hydrogen-bond donors (Lipinski definition) is 2.